The van der Waals surface area contributed by atoms with E-state index in [0.29, 0.717) is 12.0 Å². The van der Waals surface area contributed by atoms with Gasteiger partial charge in [0, 0.05) is 18.4 Å². The molecular weight excluding hydrogens is 318 g/mol. The molecule has 1 aromatic rings. The lowest BCUT2D eigenvalue weighted by Gasteiger charge is -2.44. The van der Waals surface area contributed by atoms with Gasteiger partial charge in [-0.05, 0) is 36.2 Å². The lowest BCUT2D eigenvalue weighted by Crippen LogP contribution is -2.41. The van der Waals surface area contributed by atoms with Crippen LogP contribution in [-0.4, -0.2) is 29.4 Å². The molecule has 2 fully saturated rings. The summed E-state index contributed by atoms with van der Waals surface area (Å²) in [6.07, 6.45) is 3.48. The highest BCUT2D eigenvalue weighted by Gasteiger charge is 2.49. The van der Waals surface area contributed by atoms with Crippen LogP contribution in [0.15, 0.2) is 30.3 Å². The first-order valence-corrected chi connectivity index (χ1v) is 8.34. The van der Waals surface area contributed by atoms with Gasteiger partial charge in [-0.1, -0.05) is 46.3 Å². The summed E-state index contributed by atoms with van der Waals surface area (Å²) in [5.41, 5.74) is 1.43. The minimum Gasteiger partial charge on any atom is -0.445 e. The predicted octanol–water partition coefficient (Wildman–Crippen LogP) is 3.82. The fraction of sp³-hybridized carbons (Fsp3) is 0.562. The Morgan fingerprint density at radius 2 is 2.10 bits per heavy atom. The van der Waals surface area contributed by atoms with Crippen molar-refractivity contribution < 1.29 is 9.53 Å². The molecule has 1 aliphatic carbocycles. The van der Waals surface area contributed by atoms with E-state index in [1.54, 1.807) is 0 Å². The number of nitrogens with zero attached hydrogens (tertiary/aromatic N) is 1. The molecule has 0 N–H and O–H groups in total. The largest absolute Gasteiger partial charge is 0.445 e. The minimum absolute atomic E-state index is 0.159. The molecule has 3 rings (SSSR count). The summed E-state index contributed by atoms with van der Waals surface area (Å²) >= 11 is 3.55. The van der Waals surface area contributed by atoms with E-state index in [2.05, 4.69) is 15.9 Å². The summed E-state index contributed by atoms with van der Waals surface area (Å²) in [5.74, 6) is 0.801. The number of likely N-dealkylation sites (tertiary alicyclic amines) is 1. The smallest absolute Gasteiger partial charge is 0.410 e. The van der Waals surface area contributed by atoms with Gasteiger partial charge < -0.3 is 9.64 Å². The molecule has 1 aliphatic heterocycles. The van der Waals surface area contributed by atoms with Gasteiger partial charge in [0.25, 0.3) is 0 Å². The van der Waals surface area contributed by atoms with Crippen molar-refractivity contribution in [2.45, 2.75) is 25.9 Å². The summed E-state index contributed by atoms with van der Waals surface area (Å²) < 4.78 is 5.40. The average Bonchev–Trinajstić information content (AvgIpc) is 2.89. The van der Waals surface area contributed by atoms with Crippen molar-refractivity contribution in [1.82, 2.24) is 4.90 Å². The molecule has 1 heterocycles. The fourth-order valence-electron chi connectivity index (χ4n) is 3.51. The van der Waals surface area contributed by atoms with E-state index in [0.717, 1.165) is 36.3 Å². The molecule has 1 saturated carbocycles. The standard InChI is InChI=1S/C16H20BrNO2/c17-10-14-8-16(9-14)6-7-18(12-16)15(19)20-11-13-4-2-1-3-5-13/h1-5,14H,6-12H2. The van der Waals surface area contributed by atoms with Gasteiger partial charge in [0.1, 0.15) is 6.61 Å². The van der Waals surface area contributed by atoms with Crippen molar-refractivity contribution in [1.29, 1.82) is 0 Å². The Bertz CT molecular complexity index is 471. The highest BCUT2D eigenvalue weighted by Crippen LogP contribution is 2.52. The SMILES string of the molecule is O=C(OCc1ccccc1)N1CCC2(CC(CBr)C2)C1. The summed E-state index contributed by atoms with van der Waals surface area (Å²) in [4.78, 5) is 14.0. The topological polar surface area (TPSA) is 29.5 Å². The molecule has 0 aromatic heterocycles. The van der Waals surface area contributed by atoms with Gasteiger partial charge in [-0.2, -0.15) is 0 Å². The van der Waals surface area contributed by atoms with Gasteiger partial charge in [0.2, 0.25) is 0 Å². The Balaban J connectivity index is 1.47. The third-order valence-electron chi connectivity index (χ3n) is 4.56. The molecule has 0 radical (unpaired) electrons. The number of ether oxygens (including phenoxy) is 1. The van der Waals surface area contributed by atoms with Crippen molar-refractivity contribution in [3.8, 4) is 0 Å². The number of benzene rings is 1. The van der Waals surface area contributed by atoms with Crippen molar-refractivity contribution in [3.63, 3.8) is 0 Å². The number of carbonyl (C=O) groups is 1. The zero-order chi connectivity index (χ0) is 14.0. The molecule has 0 atom stereocenters. The molecule has 4 heteroatoms. The second kappa shape index (κ2) is 5.76. The van der Waals surface area contributed by atoms with E-state index in [1.807, 2.05) is 35.2 Å². The highest BCUT2D eigenvalue weighted by atomic mass is 79.9. The van der Waals surface area contributed by atoms with Crippen LogP contribution < -0.4 is 0 Å². The molecule has 1 spiro atoms. The zero-order valence-corrected chi connectivity index (χ0v) is 13.1. The predicted molar refractivity (Wildman–Crippen MR) is 81.8 cm³/mol. The molecule has 2 aliphatic rings. The van der Waals surface area contributed by atoms with Crippen molar-refractivity contribution in [2.75, 3.05) is 18.4 Å². The van der Waals surface area contributed by atoms with E-state index >= 15 is 0 Å². The fourth-order valence-corrected chi connectivity index (χ4v) is 3.97. The first kappa shape index (κ1) is 13.9. The molecule has 1 aromatic carbocycles. The Hall–Kier alpha value is -1.03. The quantitative estimate of drug-likeness (QED) is 0.784. The molecule has 108 valence electrons. The summed E-state index contributed by atoms with van der Waals surface area (Å²) in [6, 6.07) is 9.84. The van der Waals surface area contributed by atoms with Crippen molar-refractivity contribution in [2.24, 2.45) is 11.3 Å². The van der Waals surface area contributed by atoms with Crippen LogP contribution >= 0.6 is 15.9 Å². The van der Waals surface area contributed by atoms with Gasteiger partial charge in [-0.3, -0.25) is 0 Å². The molecule has 20 heavy (non-hydrogen) atoms. The molecule has 0 bridgehead atoms. The Kier molecular flexibility index (Phi) is 4.01. The van der Waals surface area contributed by atoms with Crippen LogP contribution in [0.25, 0.3) is 0 Å². The van der Waals surface area contributed by atoms with Crippen LogP contribution in [0.2, 0.25) is 0 Å². The second-order valence-electron chi connectivity index (χ2n) is 6.14. The van der Waals surface area contributed by atoms with Crippen LogP contribution in [0.1, 0.15) is 24.8 Å². The third kappa shape index (κ3) is 2.85. The Labute approximate surface area is 128 Å². The maximum absolute atomic E-state index is 12.1. The van der Waals surface area contributed by atoms with Gasteiger partial charge in [-0.25, -0.2) is 4.79 Å². The molecular formula is C16H20BrNO2. The highest BCUT2D eigenvalue weighted by molar-refractivity contribution is 9.09. The first-order valence-electron chi connectivity index (χ1n) is 7.22. The van der Waals surface area contributed by atoms with Gasteiger partial charge in [0.05, 0.1) is 0 Å². The van der Waals surface area contributed by atoms with Gasteiger partial charge >= 0.3 is 6.09 Å². The summed E-state index contributed by atoms with van der Waals surface area (Å²) in [5, 5.41) is 1.09. The maximum Gasteiger partial charge on any atom is 0.410 e. The number of rotatable bonds is 3. The number of carbonyl (C=O) groups excluding carboxylic acids is 1. The zero-order valence-electron chi connectivity index (χ0n) is 11.6. The number of amides is 1. The lowest BCUT2D eigenvalue weighted by molar-refractivity contribution is 0.0652. The lowest BCUT2D eigenvalue weighted by atomic mass is 9.62. The Morgan fingerprint density at radius 1 is 1.35 bits per heavy atom. The normalized spacial score (nSPS) is 28.4. The maximum atomic E-state index is 12.1. The molecule has 3 nitrogen and oxygen atoms in total. The van der Waals surface area contributed by atoms with Crippen molar-refractivity contribution in [3.05, 3.63) is 35.9 Å². The van der Waals surface area contributed by atoms with Crippen molar-refractivity contribution >= 4 is 22.0 Å². The van der Waals surface area contributed by atoms with E-state index < -0.39 is 0 Å². The monoisotopic (exact) mass is 337 g/mol. The second-order valence-corrected chi connectivity index (χ2v) is 6.79. The minimum atomic E-state index is -0.159. The van der Waals surface area contributed by atoms with Crippen LogP contribution in [0, 0.1) is 11.3 Å². The first-order chi connectivity index (χ1) is 9.71. The van der Waals surface area contributed by atoms with E-state index in [9.17, 15) is 4.79 Å². The molecule has 0 unspecified atom stereocenters. The number of hydrogen-bond donors (Lipinski definition) is 0. The van der Waals surface area contributed by atoms with E-state index in [1.165, 1.54) is 12.8 Å². The summed E-state index contributed by atoms with van der Waals surface area (Å²) in [6.45, 7) is 2.10. The van der Waals surface area contributed by atoms with Crippen LogP contribution in [0.4, 0.5) is 4.79 Å². The van der Waals surface area contributed by atoms with Gasteiger partial charge in [-0.15, -0.1) is 0 Å². The summed E-state index contributed by atoms with van der Waals surface area (Å²) in [7, 11) is 0. The average molecular weight is 338 g/mol. The van der Waals surface area contributed by atoms with Gasteiger partial charge in [0.15, 0.2) is 0 Å². The number of hydrogen-bond acceptors (Lipinski definition) is 2. The molecule has 1 saturated heterocycles. The number of alkyl halides is 1. The van der Waals surface area contributed by atoms with Crippen LogP contribution in [0.3, 0.4) is 0 Å². The van der Waals surface area contributed by atoms with Crippen LogP contribution in [0.5, 0.6) is 0 Å². The Morgan fingerprint density at radius 3 is 2.80 bits per heavy atom. The van der Waals surface area contributed by atoms with E-state index in [-0.39, 0.29) is 6.09 Å². The van der Waals surface area contributed by atoms with E-state index in [4.69, 9.17) is 4.74 Å². The molecule has 1 amide bonds. The van der Waals surface area contributed by atoms with Crippen LogP contribution in [-0.2, 0) is 11.3 Å². The number of halogens is 1. The third-order valence-corrected chi connectivity index (χ3v) is 5.48.